The van der Waals surface area contributed by atoms with Crippen molar-refractivity contribution in [2.75, 3.05) is 22.5 Å². The molecule has 5 heteroatoms. The van der Waals surface area contributed by atoms with Gasteiger partial charge in [-0.05, 0) is 35.7 Å². The fourth-order valence-electron chi connectivity index (χ4n) is 2.79. The molecule has 4 nitrogen and oxygen atoms in total. The van der Waals surface area contributed by atoms with Crippen molar-refractivity contribution in [3.8, 4) is 0 Å². The van der Waals surface area contributed by atoms with Crippen molar-refractivity contribution >= 4 is 35.0 Å². The number of hydrogen-bond acceptors (Lipinski definition) is 3. The van der Waals surface area contributed by atoms with Gasteiger partial charge in [-0.25, -0.2) is 0 Å². The molecule has 2 aromatic carbocycles. The summed E-state index contributed by atoms with van der Waals surface area (Å²) < 4.78 is 0. The van der Waals surface area contributed by atoms with Crippen molar-refractivity contribution in [1.82, 2.24) is 0 Å². The molecule has 0 unspecified atom stereocenters. The molecule has 0 aromatic heterocycles. The van der Waals surface area contributed by atoms with E-state index in [1.165, 1.54) is 5.56 Å². The van der Waals surface area contributed by atoms with E-state index in [2.05, 4.69) is 19.2 Å². The SMILES string of the molecule is CC(C)c1ccc(NC(=O)CCN2C(=O)CSc3ccccc32)cc1. The molecular weight excluding hydrogens is 332 g/mol. The van der Waals surface area contributed by atoms with Gasteiger partial charge in [0.2, 0.25) is 11.8 Å². The van der Waals surface area contributed by atoms with Gasteiger partial charge in [0, 0.05) is 23.5 Å². The zero-order valence-electron chi connectivity index (χ0n) is 14.5. The minimum atomic E-state index is -0.0826. The maximum absolute atomic E-state index is 12.2. The third kappa shape index (κ3) is 4.23. The predicted octanol–water partition coefficient (Wildman–Crippen LogP) is 4.28. The van der Waals surface area contributed by atoms with E-state index < -0.39 is 0 Å². The maximum Gasteiger partial charge on any atom is 0.237 e. The monoisotopic (exact) mass is 354 g/mol. The molecule has 2 aromatic rings. The van der Waals surface area contributed by atoms with Crippen LogP contribution in [0.25, 0.3) is 0 Å². The molecule has 0 saturated carbocycles. The quantitative estimate of drug-likeness (QED) is 0.872. The Bertz CT molecular complexity index is 772. The fourth-order valence-corrected chi connectivity index (χ4v) is 3.72. The summed E-state index contributed by atoms with van der Waals surface area (Å²) in [5.74, 6) is 0.862. The molecule has 1 aliphatic heterocycles. The topological polar surface area (TPSA) is 49.4 Å². The van der Waals surface area contributed by atoms with Gasteiger partial charge in [0.25, 0.3) is 0 Å². The van der Waals surface area contributed by atoms with Gasteiger partial charge in [0.1, 0.15) is 0 Å². The maximum atomic E-state index is 12.2. The van der Waals surface area contributed by atoms with Crippen molar-refractivity contribution in [2.45, 2.75) is 31.1 Å². The van der Waals surface area contributed by atoms with E-state index in [1.807, 2.05) is 48.5 Å². The standard InChI is InChI=1S/C20H22N2O2S/c1-14(2)15-7-9-16(10-8-15)21-19(23)11-12-22-17-5-3-4-6-18(17)25-13-20(22)24/h3-10,14H,11-13H2,1-2H3,(H,21,23). The number of amides is 2. The number of rotatable bonds is 5. The molecule has 0 fully saturated rings. The molecule has 0 radical (unpaired) electrons. The number of benzene rings is 2. The zero-order chi connectivity index (χ0) is 17.8. The number of para-hydroxylation sites is 1. The molecule has 0 spiro atoms. The van der Waals surface area contributed by atoms with Crippen LogP contribution in [0, 0.1) is 0 Å². The highest BCUT2D eigenvalue weighted by molar-refractivity contribution is 8.00. The van der Waals surface area contributed by atoms with E-state index in [0.29, 0.717) is 18.2 Å². The van der Waals surface area contributed by atoms with Crippen molar-refractivity contribution in [2.24, 2.45) is 0 Å². The Balaban J connectivity index is 1.60. The summed E-state index contributed by atoms with van der Waals surface area (Å²) in [6.07, 6.45) is 0.274. The number of nitrogens with one attached hydrogen (secondary N) is 1. The Morgan fingerprint density at radius 2 is 1.88 bits per heavy atom. The molecule has 0 aliphatic carbocycles. The first kappa shape index (κ1) is 17.5. The summed E-state index contributed by atoms with van der Waals surface area (Å²) in [6, 6.07) is 15.7. The normalized spacial score (nSPS) is 13.7. The number of hydrogen-bond donors (Lipinski definition) is 1. The number of thioether (sulfide) groups is 1. The van der Waals surface area contributed by atoms with Crippen LogP contribution in [-0.2, 0) is 9.59 Å². The summed E-state index contributed by atoms with van der Waals surface area (Å²) in [4.78, 5) is 27.2. The molecule has 0 bridgehead atoms. The molecule has 1 heterocycles. The molecule has 25 heavy (non-hydrogen) atoms. The first-order chi connectivity index (χ1) is 12.0. The van der Waals surface area contributed by atoms with Crippen LogP contribution >= 0.6 is 11.8 Å². The van der Waals surface area contributed by atoms with Crippen LogP contribution < -0.4 is 10.2 Å². The number of anilines is 2. The van der Waals surface area contributed by atoms with Crippen LogP contribution in [0.3, 0.4) is 0 Å². The van der Waals surface area contributed by atoms with Gasteiger partial charge in [-0.1, -0.05) is 38.1 Å². The van der Waals surface area contributed by atoms with E-state index in [9.17, 15) is 9.59 Å². The van der Waals surface area contributed by atoms with Gasteiger partial charge in [-0.3, -0.25) is 9.59 Å². The smallest absolute Gasteiger partial charge is 0.237 e. The summed E-state index contributed by atoms with van der Waals surface area (Å²) >= 11 is 1.55. The molecule has 0 atom stereocenters. The lowest BCUT2D eigenvalue weighted by atomic mass is 10.0. The third-order valence-corrected chi connectivity index (χ3v) is 5.28. The molecule has 3 rings (SSSR count). The second-order valence-corrected chi connectivity index (χ2v) is 7.39. The third-order valence-electron chi connectivity index (χ3n) is 4.23. The average molecular weight is 354 g/mol. The molecule has 1 aliphatic rings. The van der Waals surface area contributed by atoms with Gasteiger partial charge in [-0.15, -0.1) is 11.8 Å². The lowest BCUT2D eigenvalue weighted by Crippen LogP contribution is -2.37. The van der Waals surface area contributed by atoms with E-state index >= 15 is 0 Å². The van der Waals surface area contributed by atoms with Crippen molar-refractivity contribution in [3.63, 3.8) is 0 Å². The molecule has 1 N–H and O–H groups in total. The van der Waals surface area contributed by atoms with Crippen LogP contribution in [0.4, 0.5) is 11.4 Å². The Kier molecular flexibility index (Phi) is 5.43. The first-order valence-corrected chi connectivity index (χ1v) is 9.45. The van der Waals surface area contributed by atoms with E-state index in [1.54, 1.807) is 16.7 Å². The van der Waals surface area contributed by atoms with Crippen molar-refractivity contribution < 1.29 is 9.59 Å². The van der Waals surface area contributed by atoms with E-state index in [-0.39, 0.29) is 18.2 Å². The van der Waals surface area contributed by atoms with Gasteiger partial charge in [0.15, 0.2) is 0 Å². The predicted molar refractivity (Wildman–Crippen MR) is 103 cm³/mol. The largest absolute Gasteiger partial charge is 0.326 e. The van der Waals surface area contributed by atoms with Crippen LogP contribution in [0.2, 0.25) is 0 Å². The van der Waals surface area contributed by atoms with Gasteiger partial charge >= 0.3 is 0 Å². The molecule has 0 saturated heterocycles. The lowest BCUT2D eigenvalue weighted by Gasteiger charge is -2.28. The van der Waals surface area contributed by atoms with Crippen molar-refractivity contribution in [1.29, 1.82) is 0 Å². The highest BCUT2D eigenvalue weighted by Crippen LogP contribution is 2.34. The van der Waals surface area contributed by atoms with Crippen molar-refractivity contribution in [3.05, 3.63) is 54.1 Å². The van der Waals surface area contributed by atoms with E-state index in [0.717, 1.165) is 16.3 Å². The summed E-state index contributed by atoms with van der Waals surface area (Å²) in [7, 11) is 0. The second-order valence-electron chi connectivity index (χ2n) is 6.38. The Labute approximate surface area is 152 Å². The van der Waals surface area contributed by atoms with Crippen LogP contribution in [-0.4, -0.2) is 24.1 Å². The van der Waals surface area contributed by atoms with Gasteiger partial charge in [0.05, 0.1) is 11.4 Å². The lowest BCUT2D eigenvalue weighted by molar-refractivity contribution is -0.117. The Morgan fingerprint density at radius 3 is 2.60 bits per heavy atom. The second kappa shape index (κ2) is 7.74. The summed E-state index contributed by atoms with van der Waals surface area (Å²) in [6.45, 7) is 4.67. The molecule has 130 valence electrons. The first-order valence-electron chi connectivity index (χ1n) is 8.46. The number of carbonyl (C=O) groups excluding carboxylic acids is 2. The number of nitrogens with zero attached hydrogens (tertiary/aromatic N) is 1. The summed E-state index contributed by atoms with van der Waals surface area (Å²) in [5.41, 5.74) is 2.93. The van der Waals surface area contributed by atoms with Crippen LogP contribution in [0.1, 0.15) is 31.7 Å². The Morgan fingerprint density at radius 1 is 1.16 bits per heavy atom. The summed E-state index contributed by atoms with van der Waals surface area (Å²) in [5, 5.41) is 2.90. The van der Waals surface area contributed by atoms with Crippen LogP contribution in [0.5, 0.6) is 0 Å². The Hall–Kier alpha value is -2.27. The van der Waals surface area contributed by atoms with Gasteiger partial charge < -0.3 is 10.2 Å². The minimum absolute atomic E-state index is 0.0535. The molecule has 2 amide bonds. The number of carbonyl (C=O) groups is 2. The number of fused-ring (bicyclic) bond motifs is 1. The van der Waals surface area contributed by atoms with Gasteiger partial charge in [-0.2, -0.15) is 0 Å². The van der Waals surface area contributed by atoms with Crippen LogP contribution in [0.15, 0.2) is 53.4 Å². The minimum Gasteiger partial charge on any atom is -0.326 e. The molecular formula is C20H22N2O2S. The average Bonchev–Trinajstić information content (AvgIpc) is 2.61. The highest BCUT2D eigenvalue weighted by Gasteiger charge is 2.24. The fraction of sp³-hybridized carbons (Fsp3) is 0.300. The highest BCUT2D eigenvalue weighted by atomic mass is 32.2. The zero-order valence-corrected chi connectivity index (χ0v) is 15.3. The van der Waals surface area contributed by atoms with E-state index in [4.69, 9.17) is 0 Å².